The normalized spacial score (nSPS) is 28.6. The molecule has 0 spiro atoms. The molecule has 1 saturated carbocycles. The van der Waals surface area contributed by atoms with E-state index in [2.05, 4.69) is 5.32 Å². The third kappa shape index (κ3) is 3.95. The summed E-state index contributed by atoms with van der Waals surface area (Å²) in [5, 5.41) is 12.8. The molecule has 0 amide bonds. The molecule has 1 saturated heterocycles. The molecule has 2 unspecified atom stereocenters. The van der Waals surface area contributed by atoms with E-state index in [9.17, 15) is 9.90 Å². The van der Waals surface area contributed by atoms with Crippen LogP contribution in [0.15, 0.2) is 0 Å². The fourth-order valence-corrected chi connectivity index (χ4v) is 3.14. The second kappa shape index (κ2) is 7.10. The average Bonchev–Trinajstić information content (AvgIpc) is 2.65. The highest BCUT2D eigenvalue weighted by molar-refractivity contribution is 5.74. The maximum absolute atomic E-state index is 11.4. The molecular weight excluding hydrogens is 230 g/mol. The van der Waals surface area contributed by atoms with Gasteiger partial charge in [0, 0.05) is 18.6 Å². The number of carboxylic acids is 1. The summed E-state index contributed by atoms with van der Waals surface area (Å²) in [4.78, 5) is 11.4. The Morgan fingerprint density at radius 2 is 1.83 bits per heavy atom. The van der Waals surface area contributed by atoms with E-state index in [0.717, 1.165) is 32.3 Å². The molecule has 2 fully saturated rings. The Bertz CT molecular complexity index is 256. The van der Waals surface area contributed by atoms with Crippen LogP contribution in [0.2, 0.25) is 0 Å². The number of ether oxygens (including phenoxy) is 1. The van der Waals surface area contributed by atoms with Gasteiger partial charge in [0.15, 0.2) is 0 Å². The lowest BCUT2D eigenvalue weighted by Gasteiger charge is -2.31. The second-order valence-electron chi connectivity index (χ2n) is 5.65. The molecule has 104 valence electrons. The minimum atomic E-state index is -0.713. The molecule has 0 aromatic heterocycles. The molecule has 1 aliphatic carbocycles. The van der Waals surface area contributed by atoms with Gasteiger partial charge in [-0.25, -0.2) is 0 Å². The maximum Gasteiger partial charge on any atom is 0.321 e. The van der Waals surface area contributed by atoms with Gasteiger partial charge < -0.3 is 15.2 Å². The molecule has 2 N–H and O–H groups in total. The van der Waals surface area contributed by atoms with Gasteiger partial charge in [0.1, 0.15) is 6.04 Å². The molecule has 0 bridgehead atoms. The molecule has 4 nitrogen and oxygen atoms in total. The summed E-state index contributed by atoms with van der Waals surface area (Å²) in [6.07, 6.45) is 9.24. The van der Waals surface area contributed by atoms with Crippen molar-refractivity contribution in [1.82, 2.24) is 5.32 Å². The van der Waals surface area contributed by atoms with Crippen molar-refractivity contribution >= 4 is 5.97 Å². The zero-order valence-corrected chi connectivity index (χ0v) is 11.1. The predicted molar refractivity (Wildman–Crippen MR) is 69.6 cm³/mol. The molecular formula is C14H25NO3. The lowest BCUT2D eigenvalue weighted by molar-refractivity contribution is -0.143. The van der Waals surface area contributed by atoms with Gasteiger partial charge in [-0.05, 0) is 25.7 Å². The minimum Gasteiger partial charge on any atom is -0.480 e. The van der Waals surface area contributed by atoms with Crippen LogP contribution in [0.25, 0.3) is 0 Å². The Hall–Kier alpha value is -0.610. The largest absolute Gasteiger partial charge is 0.480 e. The molecule has 1 heterocycles. The van der Waals surface area contributed by atoms with Crippen LogP contribution >= 0.6 is 0 Å². The zero-order valence-electron chi connectivity index (χ0n) is 11.1. The monoisotopic (exact) mass is 255 g/mol. The summed E-state index contributed by atoms with van der Waals surface area (Å²) in [6.45, 7) is 1.38. The SMILES string of the molecule is O=C(O)C(NC1CCCCCC1)C1CCCOC1. The number of aliphatic carboxylic acids is 1. The quantitative estimate of drug-likeness (QED) is 0.756. The standard InChI is InChI=1S/C14H25NO3/c16-14(17)13(11-6-5-9-18-10-11)15-12-7-3-1-2-4-8-12/h11-13,15H,1-10H2,(H,16,17). The highest BCUT2D eigenvalue weighted by atomic mass is 16.5. The van der Waals surface area contributed by atoms with Gasteiger partial charge in [0.2, 0.25) is 0 Å². The molecule has 1 aliphatic heterocycles. The Labute approximate surface area is 109 Å². The number of rotatable bonds is 4. The van der Waals surface area contributed by atoms with Gasteiger partial charge in [0.05, 0.1) is 6.61 Å². The van der Waals surface area contributed by atoms with Crippen LogP contribution in [-0.4, -0.2) is 36.4 Å². The van der Waals surface area contributed by atoms with Gasteiger partial charge in [-0.15, -0.1) is 0 Å². The lowest BCUT2D eigenvalue weighted by Crippen LogP contribution is -2.49. The number of carbonyl (C=O) groups is 1. The van der Waals surface area contributed by atoms with E-state index in [1.807, 2.05) is 0 Å². The van der Waals surface area contributed by atoms with Crippen LogP contribution in [-0.2, 0) is 9.53 Å². The third-order valence-corrected chi connectivity index (χ3v) is 4.20. The first-order chi connectivity index (χ1) is 8.77. The van der Waals surface area contributed by atoms with Crippen molar-refractivity contribution in [3.63, 3.8) is 0 Å². The fourth-order valence-electron chi connectivity index (χ4n) is 3.14. The summed E-state index contributed by atoms with van der Waals surface area (Å²) in [5.74, 6) is -0.575. The van der Waals surface area contributed by atoms with E-state index in [1.165, 1.54) is 25.7 Å². The van der Waals surface area contributed by atoms with Crippen molar-refractivity contribution in [3.8, 4) is 0 Å². The van der Waals surface area contributed by atoms with Crippen molar-refractivity contribution in [1.29, 1.82) is 0 Å². The molecule has 0 radical (unpaired) electrons. The number of hydrogen-bond donors (Lipinski definition) is 2. The Kier molecular flexibility index (Phi) is 5.45. The van der Waals surface area contributed by atoms with Crippen molar-refractivity contribution in [3.05, 3.63) is 0 Å². The highest BCUT2D eigenvalue weighted by Crippen LogP contribution is 2.22. The van der Waals surface area contributed by atoms with Crippen molar-refractivity contribution < 1.29 is 14.6 Å². The van der Waals surface area contributed by atoms with Crippen molar-refractivity contribution in [2.45, 2.75) is 63.5 Å². The van der Waals surface area contributed by atoms with Crippen LogP contribution in [0.1, 0.15) is 51.4 Å². The molecule has 2 atom stereocenters. The van der Waals surface area contributed by atoms with Crippen LogP contribution in [0.5, 0.6) is 0 Å². The molecule has 0 aromatic carbocycles. The van der Waals surface area contributed by atoms with Crippen molar-refractivity contribution in [2.24, 2.45) is 5.92 Å². The van der Waals surface area contributed by atoms with Gasteiger partial charge >= 0.3 is 5.97 Å². The summed E-state index contributed by atoms with van der Waals surface area (Å²) in [6, 6.07) is -0.0380. The van der Waals surface area contributed by atoms with Gasteiger partial charge in [-0.2, -0.15) is 0 Å². The Balaban J connectivity index is 1.89. The van der Waals surface area contributed by atoms with Crippen LogP contribution in [0.3, 0.4) is 0 Å². The third-order valence-electron chi connectivity index (χ3n) is 4.20. The minimum absolute atomic E-state index is 0.138. The molecule has 4 heteroatoms. The molecule has 2 aliphatic rings. The lowest BCUT2D eigenvalue weighted by atomic mass is 9.92. The van der Waals surface area contributed by atoms with E-state index in [0.29, 0.717) is 12.6 Å². The number of carboxylic acid groups (broad SMARTS) is 1. The van der Waals surface area contributed by atoms with E-state index >= 15 is 0 Å². The number of hydrogen-bond acceptors (Lipinski definition) is 3. The Morgan fingerprint density at radius 3 is 2.39 bits per heavy atom. The van der Waals surface area contributed by atoms with E-state index in [1.54, 1.807) is 0 Å². The highest BCUT2D eigenvalue weighted by Gasteiger charge is 2.31. The van der Waals surface area contributed by atoms with Crippen LogP contribution < -0.4 is 5.32 Å². The Morgan fingerprint density at radius 1 is 1.11 bits per heavy atom. The summed E-state index contributed by atoms with van der Waals surface area (Å²) in [7, 11) is 0. The second-order valence-corrected chi connectivity index (χ2v) is 5.65. The molecule has 0 aromatic rings. The summed E-state index contributed by atoms with van der Waals surface area (Å²) in [5.41, 5.74) is 0. The summed E-state index contributed by atoms with van der Waals surface area (Å²) >= 11 is 0. The van der Waals surface area contributed by atoms with Gasteiger partial charge in [0.25, 0.3) is 0 Å². The van der Waals surface area contributed by atoms with Crippen molar-refractivity contribution in [2.75, 3.05) is 13.2 Å². The fraction of sp³-hybridized carbons (Fsp3) is 0.929. The maximum atomic E-state index is 11.4. The van der Waals surface area contributed by atoms with Crippen LogP contribution in [0.4, 0.5) is 0 Å². The number of nitrogens with one attached hydrogen (secondary N) is 1. The van der Waals surface area contributed by atoms with Gasteiger partial charge in [-0.3, -0.25) is 4.79 Å². The van der Waals surface area contributed by atoms with E-state index in [4.69, 9.17) is 4.74 Å². The van der Waals surface area contributed by atoms with Crippen LogP contribution in [0, 0.1) is 5.92 Å². The molecule has 18 heavy (non-hydrogen) atoms. The predicted octanol–water partition coefficient (Wildman–Crippen LogP) is 2.18. The first-order valence-corrected chi connectivity index (χ1v) is 7.34. The first-order valence-electron chi connectivity index (χ1n) is 7.34. The summed E-state index contributed by atoms with van der Waals surface area (Å²) < 4.78 is 5.42. The topological polar surface area (TPSA) is 58.6 Å². The zero-order chi connectivity index (χ0) is 12.8. The first kappa shape index (κ1) is 13.8. The molecule has 2 rings (SSSR count). The van der Waals surface area contributed by atoms with Gasteiger partial charge in [-0.1, -0.05) is 25.7 Å². The van der Waals surface area contributed by atoms with E-state index < -0.39 is 12.0 Å². The van der Waals surface area contributed by atoms with E-state index in [-0.39, 0.29) is 5.92 Å². The average molecular weight is 255 g/mol. The smallest absolute Gasteiger partial charge is 0.321 e.